The molecular weight excluding hydrogens is 663 g/mol. The summed E-state index contributed by atoms with van der Waals surface area (Å²) >= 11 is 0. The maximum absolute atomic E-state index is 2.45. The largest absolute Gasteiger partial charge is 0.310 e. The van der Waals surface area contributed by atoms with Crippen LogP contribution in [0.2, 0.25) is 0 Å². The molecule has 0 atom stereocenters. The number of anilines is 3. The lowest BCUT2D eigenvalue weighted by Gasteiger charge is -2.29. The Labute approximate surface area is 322 Å². The van der Waals surface area contributed by atoms with E-state index in [0.29, 0.717) is 0 Å². The number of rotatable bonds is 4. The van der Waals surface area contributed by atoms with E-state index in [4.69, 9.17) is 0 Å². The van der Waals surface area contributed by atoms with Crippen LogP contribution in [0.1, 0.15) is 36.1 Å². The van der Waals surface area contributed by atoms with Crippen LogP contribution in [0, 0.1) is 0 Å². The molecule has 9 aromatic carbocycles. The maximum atomic E-state index is 2.45. The average molecular weight is 702 g/mol. The Kier molecular flexibility index (Phi) is 7.03. The van der Waals surface area contributed by atoms with Crippen molar-refractivity contribution >= 4 is 38.6 Å². The molecule has 0 amide bonds. The predicted molar refractivity (Wildman–Crippen MR) is 233 cm³/mol. The van der Waals surface area contributed by atoms with E-state index >= 15 is 0 Å². The molecule has 0 spiro atoms. The second-order valence-corrected chi connectivity index (χ2v) is 15.7. The zero-order chi connectivity index (χ0) is 36.7. The summed E-state index contributed by atoms with van der Waals surface area (Å²) in [7, 11) is 0. The highest BCUT2D eigenvalue weighted by Crippen LogP contribution is 2.52. The molecule has 0 N–H and O–H groups in total. The van der Waals surface area contributed by atoms with Crippen molar-refractivity contribution in [2.45, 2.75) is 25.7 Å². The van der Waals surface area contributed by atoms with Crippen molar-refractivity contribution in [3.05, 3.63) is 210 Å². The summed E-state index contributed by atoms with van der Waals surface area (Å²) in [5, 5.41) is 5.04. The molecule has 0 bridgehead atoms. The van der Waals surface area contributed by atoms with Gasteiger partial charge in [0.1, 0.15) is 0 Å². The minimum absolute atomic E-state index is 0.0907. The fourth-order valence-electron chi connectivity index (χ4n) is 9.50. The van der Waals surface area contributed by atoms with Crippen LogP contribution in [0.5, 0.6) is 0 Å². The molecule has 0 unspecified atom stereocenters. The van der Waals surface area contributed by atoms with E-state index in [2.05, 4.69) is 207 Å². The van der Waals surface area contributed by atoms with Crippen LogP contribution in [-0.4, -0.2) is 0 Å². The summed E-state index contributed by atoms with van der Waals surface area (Å²) in [5.74, 6) is 0. The molecule has 9 aromatic rings. The predicted octanol–water partition coefficient (Wildman–Crippen LogP) is 14.7. The van der Waals surface area contributed by atoms with Crippen molar-refractivity contribution in [1.29, 1.82) is 0 Å². The lowest BCUT2D eigenvalue weighted by molar-refractivity contribution is 0.660. The first-order chi connectivity index (χ1) is 27.0. The first kappa shape index (κ1) is 31.8. The van der Waals surface area contributed by atoms with Gasteiger partial charge >= 0.3 is 0 Å². The van der Waals surface area contributed by atoms with E-state index in [9.17, 15) is 0 Å². The van der Waals surface area contributed by atoms with Gasteiger partial charge in [-0.15, -0.1) is 0 Å². The zero-order valence-corrected chi connectivity index (χ0v) is 31.1. The van der Waals surface area contributed by atoms with Crippen LogP contribution in [0.25, 0.3) is 66.1 Å². The fourth-order valence-corrected chi connectivity index (χ4v) is 9.50. The summed E-state index contributed by atoms with van der Waals surface area (Å²) < 4.78 is 0. The van der Waals surface area contributed by atoms with Gasteiger partial charge in [-0.05, 0) is 149 Å². The zero-order valence-electron chi connectivity index (χ0n) is 31.1. The molecular formula is C54H39N. The van der Waals surface area contributed by atoms with Crippen LogP contribution in [0.15, 0.2) is 188 Å². The number of benzene rings is 9. The third kappa shape index (κ3) is 5.00. The smallest absolute Gasteiger partial charge is 0.0468 e. The van der Waals surface area contributed by atoms with Gasteiger partial charge in [0.25, 0.3) is 0 Å². The van der Waals surface area contributed by atoms with Crippen molar-refractivity contribution in [2.75, 3.05) is 4.90 Å². The number of nitrogens with zero attached hydrogens (tertiary/aromatic N) is 1. The molecule has 1 heteroatoms. The molecule has 0 saturated carbocycles. The third-order valence-corrected chi connectivity index (χ3v) is 12.2. The van der Waals surface area contributed by atoms with E-state index < -0.39 is 0 Å². The van der Waals surface area contributed by atoms with Crippen molar-refractivity contribution in [3.63, 3.8) is 0 Å². The molecule has 2 aliphatic carbocycles. The minimum Gasteiger partial charge on any atom is -0.310 e. The van der Waals surface area contributed by atoms with E-state index in [-0.39, 0.29) is 5.41 Å². The summed E-state index contributed by atoms with van der Waals surface area (Å²) in [6.07, 6.45) is 0.855. The van der Waals surface area contributed by atoms with Gasteiger partial charge in [0.05, 0.1) is 0 Å². The molecule has 0 saturated heterocycles. The van der Waals surface area contributed by atoms with Gasteiger partial charge in [-0.25, -0.2) is 0 Å². The van der Waals surface area contributed by atoms with Gasteiger partial charge in [0.15, 0.2) is 0 Å². The lowest BCUT2D eigenvalue weighted by Crippen LogP contribution is -2.16. The number of para-hydroxylation sites is 1. The quantitative estimate of drug-likeness (QED) is 0.177. The van der Waals surface area contributed by atoms with Gasteiger partial charge in [-0.3, -0.25) is 0 Å². The Bertz CT molecular complexity index is 2990. The lowest BCUT2D eigenvalue weighted by atomic mass is 9.82. The third-order valence-electron chi connectivity index (χ3n) is 12.2. The van der Waals surface area contributed by atoms with Gasteiger partial charge in [-0.1, -0.05) is 147 Å². The SMILES string of the molecule is CC1(C)c2ccccc2-c2ccc(N(c3ccccc3)c3ccc4c(c3)-c3cc5ccccc5cc3-c3c(cccc3-c3ccc5ccccc5c3)C4)cc21. The summed E-state index contributed by atoms with van der Waals surface area (Å²) in [4.78, 5) is 2.44. The summed E-state index contributed by atoms with van der Waals surface area (Å²) in [6.45, 7) is 4.73. The van der Waals surface area contributed by atoms with Crippen LogP contribution < -0.4 is 4.90 Å². The monoisotopic (exact) mass is 701 g/mol. The second-order valence-electron chi connectivity index (χ2n) is 15.7. The molecule has 0 aliphatic heterocycles. The van der Waals surface area contributed by atoms with Crippen molar-refractivity contribution in [1.82, 2.24) is 0 Å². The van der Waals surface area contributed by atoms with Gasteiger partial charge in [-0.2, -0.15) is 0 Å². The molecule has 11 rings (SSSR count). The normalized spacial score (nSPS) is 13.3. The van der Waals surface area contributed by atoms with Crippen molar-refractivity contribution in [3.8, 4) is 44.5 Å². The number of hydrogen-bond donors (Lipinski definition) is 0. The van der Waals surface area contributed by atoms with E-state index in [0.717, 1.165) is 17.8 Å². The first-order valence-corrected chi connectivity index (χ1v) is 19.4. The topological polar surface area (TPSA) is 3.24 Å². The highest BCUT2D eigenvalue weighted by molar-refractivity contribution is 6.03. The Morgan fingerprint density at radius 1 is 0.364 bits per heavy atom. The van der Waals surface area contributed by atoms with Crippen LogP contribution in [-0.2, 0) is 11.8 Å². The van der Waals surface area contributed by atoms with E-state index in [1.54, 1.807) is 0 Å². The van der Waals surface area contributed by atoms with Crippen LogP contribution in [0.3, 0.4) is 0 Å². The maximum Gasteiger partial charge on any atom is 0.0468 e. The Hall–Kier alpha value is -6.70. The highest BCUT2D eigenvalue weighted by atomic mass is 15.1. The molecule has 0 fully saturated rings. The van der Waals surface area contributed by atoms with Crippen molar-refractivity contribution in [2.24, 2.45) is 0 Å². The number of hydrogen-bond acceptors (Lipinski definition) is 1. The second kappa shape index (κ2) is 12.2. The molecule has 1 nitrogen and oxygen atoms in total. The van der Waals surface area contributed by atoms with E-state index in [1.807, 2.05) is 0 Å². The van der Waals surface area contributed by atoms with Gasteiger partial charge < -0.3 is 4.90 Å². The van der Waals surface area contributed by atoms with Crippen molar-refractivity contribution < 1.29 is 0 Å². The highest BCUT2D eigenvalue weighted by Gasteiger charge is 2.36. The Balaban J connectivity index is 1.13. The Morgan fingerprint density at radius 3 is 1.82 bits per heavy atom. The average Bonchev–Trinajstić information content (AvgIpc) is 3.36. The summed E-state index contributed by atoms with van der Waals surface area (Å²) in [5.41, 5.74) is 19.2. The molecule has 2 aliphatic rings. The summed E-state index contributed by atoms with van der Waals surface area (Å²) in [6, 6.07) is 70.1. The molecule has 0 heterocycles. The first-order valence-electron chi connectivity index (χ1n) is 19.4. The molecule has 0 aromatic heterocycles. The fraction of sp³-hybridized carbons (Fsp3) is 0.0741. The van der Waals surface area contributed by atoms with Crippen LogP contribution in [0.4, 0.5) is 17.1 Å². The molecule has 55 heavy (non-hydrogen) atoms. The minimum atomic E-state index is -0.0907. The van der Waals surface area contributed by atoms with Crippen LogP contribution >= 0.6 is 0 Å². The van der Waals surface area contributed by atoms with E-state index in [1.165, 1.54) is 94.0 Å². The van der Waals surface area contributed by atoms with Gasteiger partial charge in [0.2, 0.25) is 0 Å². The standard InChI is InChI=1S/C54H39N/c1-54(2)51-22-11-10-20-46(51)47-28-27-44(34-52(47)54)55(42-18-4-3-5-19-42)43-26-25-40-30-41-17-12-21-45(39-24-23-35-13-6-7-14-36(35)29-39)53(41)50-32-38-16-9-8-15-37(38)31-49(50)48(40)33-43/h3-29,31-34H,30H2,1-2H3. The number of fused-ring (bicyclic) bond motifs is 10. The Morgan fingerprint density at radius 2 is 1.00 bits per heavy atom. The molecule has 0 radical (unpaired) electrons. The van der Waals surface area contributed by atoms with Gasteiger partial charge in [0, 0.05) is 22.5 Å². The molecule has 260 valence electrons.